The van der Waals surface area contributed by atoms with Crippen LogP contribution in [-0.4, -0.2) is 42.3 Å². The van der Waals surface area contributed by atoms with Crippen molar-refractivity contribution in [3.8, 4) is 11.5 Å². The Balaban J connectivity index is 1.36. The molecular weight excluding hydrogens is 533 g/mol. The monoisotopic (exact) mass is 573 g/mol. The molecule has 1 aromatic carbocycles. The third-order valence-electron chi connectivity index (χ3n) is 7.69. The summed E-state index contributed by atoms with van der Waals surface area (Å²) in [6.45, 7) is 2.86. The van der Waals surface area contributed by atoms with Crippen LogP contribution in [0, 0.1) is 0 Å². The molecule has 3 nitrogen and oxygen atoms in total. The lowest BCUT2D eigenvalue weighted by Crippen LogP contribution is -2.40. The number of methoxy groups -OCH3 is 1. The lowest BCUT2D eigenvalue weighted by Gasteiger charge is -2.43. The molecule has 2 aromatic rings. The molecule has 0 saturated heterocycles. The number of thioether (sulfide) groups is 1. The lowest BCUT2D eigenvalue weighted by atomic mass is 9.66. The van der Waals surface area contributed by atoms with Crippen molar-refractivity contribution < 1.29 is 31.4 Å². The van der Waals surface area contributed by atoms with Gasteiger partial charge in [0.15, 0.2) is 0 Å². The van der Waals surface area contributed by atoms with Gasteiger partial charge in [0.2, 0.25) is 0 Å². The van der Waals surface area contributed by atoms with Gasteiger partial charge in [-0.2, -0.15) is 33.7 Å². The molecule has 0 spiro atoms. The van der Waals surface area contributed by atoms with Gasteiger partial charge in [0, 0.05) is 36.2 Å². The van der Waals surface area contributed by atoms with Crippen LogP contribution in [0.5, 0.6) is 11.5 Å². The molecular formula is C30H40F5NO2S. The number of hydrogen-bond acceptors (Lipinski definition) is 4. The summed E-state index contributed by atoms with van der Waals surface area (Å²) in [6, 6.07) is 10.2. The van der Waals surface area contributed by atoms with E-state index >= 15 is 0 Å². The Labute approximate surface area is 233 Å². The standard InChI is InChI=1S/C30H40F5NO2S/c1-28(23-12-10-17-36-21-23)22-38-27-20-24(37-2)14-15-25(27)26(28)13-8-6-4-3-5-7-9-18-39-19-11-16-29(31,32)30(33,34)35/h10,12,14-15,17,20-21,26H,3-9,11,13,16,18-19,22H2,1-2H3. The first-order valence-electron chi connectivity index (χ1n) is 13.8. The summed E-state index contributed by atoms with van der Waals surface area (Å²) in [5.41, 5.74) is 2.23. The number of halogens is 5. The Morgan fingerprint density at radius 1 is 0.974 bits per heavy atom. The fourth-order valence-corrected chi connectivity index (χ4v) is 6.22. The van der Waals surface area contributed by atoms with Gasteiger partial charge in [-0.25, -0.2) is 0 Å². The predicted octanol–water partition coefficient (Wildman–Crippen LogP) is 9.36. The van der Waals surface area contributed by atoms with Crippen LogP contribution in [0.15, 0.2) is 42.7 Å². The van der Waals surface area contributed by atoms with Crippen molar-refractivity contribution in [1.82, 2.24) is 4.98 Å². The van der Waals surface area contributed by atoms with E-state index in [0.717, 1.165) is 68.6 Å². The van der Waals surface area contributed by atoms with Gasteiger partial charge in [0.05, 0.1) is 13.7 Å². The number of ether oxygens (including phenoxy) is 2. The summed E-state index contributed by atoms with van der Waals surface area (Å²) >= 11 is 1.46. The summed E-state index contributed by atoms with van der Waals surface area (Å²) in [7, 11) is 1.66. The summed E-state index contributed by atoms with van der Waals surface area (Å²) in [5.74, 6) is -1.44. The largest absolute Gasteiger partial charge is 0.497 e. The first kappa shape index (κ1) is 31.5. The number of fused-ring (bicyclic) bond motifs is 1. The number of pyridine rings is 1. The maximum atomic E-state index is 12.9. The fourth-order valence-electron chi connectivity index (χ4n) is 5.26. The first-order chi connectivity index (χ1) is 18.6. The van der Waals surface area contributed by atoms with Gasteiger partial charge in [0.1, 0.15) is 11.5 Å². The zero-order valence-corrected chi connectivity index (χ0v) is 23.7. The molecule has 2 atom stereocenters. The highest BCUT2D eigenvalue weighted by molar-refractivity contribution is 7.99. The van der Waals surface area contributed by atoms with Crippen LogP contribution in [0.2, 0.25) is 0 Å². The predicted molar refractivity (Wildman–Crippen MR) is 147 cm³/mol. The highest BCUT2D eigenvalue weighted by Gasteiger charge is 2.56. The molecule has 1 aromatic heterocycles. The minimum Gasteiger partial charge on any atom is -0.497 e. The fraction of sp³-hybridized carbons (Fsp3) is 0.633. The number of alkyl halides is 5. The van der Waals surface area contributed by atoms with Crippen molar-refractivity contribution in [1.29, 1.82) is 0 Å². The number of nitrogens with zero attached hydrogens (tertiary/aromatic N) is 1. The normalized spacial score (nSPS) is 19.4. The van der Waals surface area contributed by atoms with Crippen LogP contribution in [0.4, 0.5) is 22.0 Å². The Bertz CT molecular complexity index is 1000. The molecule has 0 bridgehead atoms. The third-order valence-corrected chi connectivity index (χ3v) is 8.84. The quantitative estimate of drug-likeness (QED) is 0.148. The highest BCUT2D eigenvalue weighted by Crippen LogP contribution is 2.49. The highest BCUT2D eigenvalue weighted by atomic mass is 32.2. The van der Waals surface area contributed by atoms with Crippen LogP contribution in [0.25, 0.3) is 0 Å². The molecule has 9 heteroatoms. The molecule has 2 heterocycles. The van der Waals surface area contributed by atoms with Crippen molar-refractivity contribution in [2.45, 2.75) is 94.6 Å². The van der Waals surface area contributed by atoms with Gasteiger partial charge < -0.3 is 9.47 Å². The Kier molecular flexibility index (Phi) is 11.8. The Morgan fingerprint density at radius 2 is 1.67 bits per heavy atom. The second-order valence-electron chi connectivity index (χ2n) is 10.6. The first-order valence-corrected chi connectivity index (χ1v) is 15.0. The molecule has 0 radical (unpaired) electrons. The van der Waals surface area contributed by atoms with Crippen LogP contribution < -0.4 is 9.47 Å². The molecule has 0 fully saturated rings. The van der Waals surface area contributed by atoms with E-state index in [4.69, 9.17) is 9.47 Å². The van der Waals surface area contributed by atoms with Gasteiger partial charge in [-0.3, -0.25) is 4.98 Å². The molecule has 0 aliphatic carbocycles. The van der Waals surface area contributed by atoms with Gasteiger partial charge in [-0.1, -0.05) is 57.6 Å². The van der Waals surface area contributed by atoms with Crippen molar-refractivity contribution in [3.05, 3.63) is 53.9 Å². The van der Waals surface area contributed by atoms with E-state index in [1.165, 1.54) is 22.9 Å². The topological polar surface area (TPSA) is 31.4 Å². The van der Waals surface area contributed by atoms with Crippen LogP contribution >= 0.6 is 11.8 Å². The number of hydrogen-bond donors (Lipinski definition) is 0. The zero-order valence-electron chi connectivity index (χ0n) is 22.9. The van der Waals surface area contributed by atoms with Crippen LogP contribution in [-0.2, 0) is 5.41 Å². The van der Waals surface area contributed by atoms with Crippen molar-refractivity contribution in [3.63, 3.8) is 0 Å². The van der Waals surface area contributed by atoms with Gasteiger partial charge in [-0.05, 0) is 54.0 Å². The van der Waals surface area contributed by atoms with E-state index in [1.54, 1.807) is 13.3 Å². The Hall–Kier alpha value is -2.03. The van der Waals surface area contributed by atoms with E-state index in [9.17, 15) is 22.0 Å². The summed E-state index contributed by atoms with van der Waals surface area (Å²) < 4.78 is 73.9. The summed E-state index contributed by atoms with van der Waals surface area (Å²) in [4.78, 5) is 4.36. The molecule has 218 valence electrons. The smallest absolute Gasteiger partial charge is 0.453 e. The maximum Gasteiger partial charge on any atom is 0.453 e. The van der Waals surface area contributed by atoms with Gasteiger partial charge >= 0.3 is 12.1 Å². The van der Waals surface area contributed by atoms with Gasteiger partial charge in [0.25, 0.3) is 0 Å². The minimum absolute atomic E-state index is 0.123. The van der Waals surface area contributed by atoms with E-state index in [2.05, 4.69) is 24.0 Å². The molecule has 3 rings (SSSR count). The second kappa shape index (κ2) is 14.6. The van der Waals surface area contributed by atoms with Crippen LogP contribution in [0.3, 0.4) is 0 Å². The average Bonchev–Trinajstić information content (AvgIpc) is 2.91. The minimum atomic E-state index is -5.44. The van der Waals surface area contributed by atoms with Gasteiger partial charge in [-0.15, -0.1) is 0 Å². The lowest BCUT2D eigenvalue weighted by molar-refractivity contribution is -0.284. The Morgan fingerprint density at radius 3 is 2.33 bits per heavy atom. The molecule has 2 unspecified atom stereocenters. The van der Waals surface area contributed by atoms with Crippen molar-refractivity contribution in [2.24, 2.45) is 0 Å². The maximum absolute atomic E-state index is 12.9. The third kappa shape index (κ3) is 8.73. The number of unbranched alkanes of at least 4 members (excludes halogenated alkanes) is 6. The number of rotatable bonds is 16. The molecule has 0 N–H and O–H groups in total. The molecule has 0 amide bonds. The average molecular weight is 574 g/mol. The van der Waals surface area contributed by atoms with E-state index < -0.39 is 18.5 Å². The molecule has 1 aliphatic heterocycles. The zero-order chi connectivity index (χ0) is 28.4. The molecule has 39 heavy (non-hydrogen) atoms. The molecule has 0 saturated carbocycles. The van der Waals surface area contributed by atoms with E-state index in [0.29, 0.717) is 18.3 Å². The van der Waals surface area contributed by atoms with Crippen molar-refractivity contribution >= 4 is 11.8 Å². The SMILES string of the molecule is COc1ccc2c(c1)OCC(C)(c1cccnc1)C2CCCCCCCCCSCCCC(F)(F)C(F)(F)F. The van der Waals surface area contributed by atoms with Crippen LogP contribution in [0.1, 0.15) is 88.2 Å². The van der Waals surface area contributed by atoms with E-state index in [-0.39, 0.29) is 11.8 Å². The summed E-state index contributed by atoms with van der Waals surface area (Å²) in [6.07, 6.45) is 5.79. The number of benzene rings is 1. The molecule has 1 aliphatic rings. The van der Waals surface area contributed by atoms with E-state index in [1.807, 2.05) is 24.4 Å². The van der Waals surface area contributed by atoms with Crippen molar-refractivity contribution in [2.75, 3.05) is 25.2 Å². The summed E-state index contributed by atoms with van der Waals surface area (Å²) in [5, 5.41) is 0. The number of aromatic nitrogens is 1. The second-order valence-corrected chi connectivity index (χ2v) is 11.8.